The smallest absolute Gasteiger partial charge is 0.271 e. The minimum absolute atomic E-state index is 0.0235. The summed E-state index contributed by atoms with van der Waals surface area (Å²) >= 11 is 0. The van der Waals surface area contributed by atoms with Gasteiger partial charge in [0.2, 0.25) is 0 Å². The predicted octanol–water partition coefficient (Wildman–Crippen LogP) is 2.64. The average Bonchev–Trinajstić information content (AvgIpc) is 2.43. The van der Waals surface area contributed by atoms with Crippen molar-refractivity contribution >= 4 is 17.4 Å². The molecule has 0 saturated heterocycles. The molecule has 5 nitrogen and oxygen atoms in total. The zero-order valence-electron chi connectivity index (χ0n) is 11.5. The molecule has 2 N–H and O–H groups in total. The largest absolute Gasteiger partial charge is 0.348 e. The summed E-state index contributed by atoms with van der Waals surface area (Å²) in [7, 11) is 0. The molecule has 7 heteroatoms. The maximum Gasteiger partial charge on any atom is 0.271 e. The van der Waals surface area contributed by atoms with E-state index < -0.39 is 11.6 Å². The SMILES string of the molecule is CC(C)NC(=O)c1ccc(Nc2c(F)cccc2F)nn1. The van der Waals surface area contributed by atoms with Gasteiger partial charge >= 0.3 is 0 Å². The summed E-state index contributed by atoms with van der Waals surface area (Å²) in [6.45, 7) is 3.64. The predicted molar refractivity (Wildman–Crippen MR) is 74.3 cm³/mol. The first-order chi connectivity index (χ1) is 9.97. The zero-order valence-corrected chi connectivity index (χ0v) is 11.5. The number of rotatable bonds is 4. The maximum atomic E-state index is 13.5. The summed E-state index contributed by atoms with van der Waals surface area (Å²) in [5, 5.41) is 12.6. The molecule has 0 aliphatic carbocycles. The molecule has 2 rings (SSSR count). The average molecular weight is 292 g/mol. The number of benzene rings is 1. The molecule has 0 fully saturated rings. The van der Waals surface area contributed by atoms with Crippen molar-refractivity contribution in [3.63, 3.8) is 0 Å². The fourth-order valence-electron chi connectivity index (χ4n) is 1.60. The molecule has 0 radical (unpaired) electrons. The van der Waals surface area contributed by atoms with E-state index in [1.807, 2.05) is 13.8 Å². The fourth-order valence-corrected chi connectivity index (χ4v) is 1.60. The van der Waals surface area contributed by atoms with Gasteiger partial charge in [-0.3, -0.25) is 4.79 Å². The molecule has 21 heavy (non-hydrogen) atoms. The number of aromatic nitrogens is 2. The summed E-state index contributed by atoms with van der Waals surface area (Å²) < 4.78 is 26.9. The standard InChI is InChI=1S/C14H14F2N4O/c1-8(2)17-14(21)11-6-7-12(20-19-11)18-13-9(15)4-3-5-10(13)16/h3-8H,1-2H3,(H,17,21)(H,18,20). The molecule has 1 amide bonds. The van der Waals surface area contributed by atoms with E-state index in [4.69, 9.17) is 0 Å². The summed E-state index contributed by atoms with van der Waals surface area (Å²) in [6.07, 6.45) is 0. The number of nitrogens with one attached hydrogen (secondary N) is 2. The molecule has 0 atom stereocenters. The lowest BCUT2D eigenvalue weighted by Crippen LogP contribution is -2.30. The molecule has 0 aliphatic rings. The van der Waals surface area contributed by atoms with Crippen LogP contribution in [0.4, 0.5) is 20.3 Å². The highest BCUT2D eigenvalue weighted by atomic mass is 19.1. The van der Waals surface area contributed by atoms with Crippen LogP contribution < -0.4 is 10.6 Å². The molecule has 1 aromatic carbocycles. The fraction of sp³-hybridized carbons (Fsp3) is 0.214. The van der Waals surface area contributed by atoms with E-state index in [2.05, 4.69) is 20.8 Å². The third-order valence-corrected chi connectivity index (χ3v) is 2.53. The number of carbonyl (C=O) groups excluding carboxylic acids is 1. The third kappa shape index (κ3) is 3.71. The van der Waals surface area contributed by atoms with Crippen LogP contribution in [0.2, 0.25) is 0 Å². The molecule has 1 aromatic heterocycles. The molecule has 0 spiro atoms. The van der Waals surface area contributed by atoms with Crippen molar-refractivity contribution in [1.82, 2.24) is 15.5 Å². The molecule has 0 bridgehead atoms. The summed E-state index contributed by atoms with van der Waals surface area (Å²) in [4.78, 5) is 11.7. The van der Waals surface area contributed by atoms with Crippen molar-refractivity contribution in [1.29, 1.82) is 0 Å². The van der Waals surface area contributed by atoms with E-state index in [1.165, 1.54) is 18.2 Å². The molecule has 1 heterocycles. The van der Waals surface area contributed by atoms with Crippen LogP contribution in [0, 0.1) is 11.6 Å². The number of nitrogens with zero attached hydrogens (tertiary/aromatic N) is 2. The molecular formula is C14H14F2N4O. The van der Waals surface area contributed by atoms with Crippen molar-refractivity contribution in [3.05, 3.63) is 47.7 Å². The Hall–Kier alpha value is -2.57. The lowest BCUT2D eigenvalue weighted by atomic mass is 10.3. The van der Waals surface area contributed by atoms with Crippen molar-refractivity contribution in [2.75, 3.05) is 5.32 Å². The van der Waals surface area contributed by atoms with Crippen molar-refractivity contribution in [3.8, 4) is 0 Å². The van der Waals surface area contributed by atoms with Gasteiger partial charge in [-0.25, -0.2) is 8.78 Å². The highest BCUT2D eigenvalue weighted by molar-refractivity contribution is 5.92. The lowest BCUT2D eigenvalue weighted by Gasteiger charge is -2.09. The van der Waals surface area contributed by atoms with Crippen LogP contribution in [-0.4, -0.2) is 22.1 Å². The lowest BCUT2D eigenvalue weighted by molar-refractivity contribution is 0.0937. The highest BCUT2D eigenvalue weighted by Gasteiger charge is 2.12. The monoisotopic (exact) mass is 292 g/mol. The van der Waals surface area contributed by atoms with Crippen molar-refractivity contribution in [2.24, 2.45) is 0 Å². The van der Waals surface area contributed by atoms with E-state index in [1.54, 1.807) is 0 Å². The Morgan fingerprint density at radius 2 is 1.76 bits per heavy atom. The quantitative estimate of drug-likeness (QED) is 0.909. The number of halogens is 2. The van der Waals surface area contributed by atoms with E-state index in [0.717, 1.165) is 12.1 Å². The first-order valence-electron chi connectivity index (χ1n) is 6.33. The minimum atomic E-state index is -0.738. The van der Waals surface area contributed by atoms with Gasteiger partial charge in [0.25, 0.3) is 5.91 Å². The topological polar surface area (TPSA) is 66.9 Å². The third-order valence-electron chi connectivity index (χ3n) is 2.53. The van der Waals surface area contributed by atoms with Gasteiger partial charge in [0.15, 0.2) is 11.5 Å². The molecular weight excluding hydrogens is 278 g/mol. The van der Waals surface area contributed by atoms with Crippen molar-refractivity contribution < 1.29 is 13.6 Å². The molecule has 2 aromatic rings. The number of para-hydroxylation sites is 1. The number of amides is 1. The maximum absolute atomic E-state index is 13.5. The molecule has 0 saturated carbocycles. The van der Waals surface area contributed by atoms with E-state index in [9.17, 15) is 13.6 Å². The minimum Gasteiger partial charge on any atom is -0.348 e. The zero-order chi connectivity index (χ0) is 15.4. The summed E-state index contributed by atoms with van der Waals surface area (Å²) in [5.74, 6) is -1.70. The molecule has 110 valence electrons. The second-order valence-electron chi connectivity index (χ2n) is 4.65. The first-order valence-corrected chi connectivity index (χ1v) is 6.33. The Morgan fingerprint density at radius 3 is 2.29 bits per heavy atom. The Balaban J connectivity index is 2.15. The van der Waals surface area contributed by atoms with Gasteiger partial charge < -0.3 is 10.6 Å². The summed E-state index contributed by atoms with van der Waals surface area (Å²) in [6, 6.07) is 6.34. The van der Waals surface area contributed by atoms with Gasteiger partial charge in [0.1, 0.15) is 17.3 Å². The number of anilines is 2. The highest BCUT2D eigenvalue weighted by Crippen LogP contribution is 2.21. The Kier molecular flexibility index (Phi) is 4.42. The first kappa shape index (κ1) is 14.8. The van der Waals surface area contributed by atoms with Gasteiger partial charge in [0.05, 0.1) is 0 Å². The van der Waals surface area contributed by atoms with E-state index >= 15 is 0 Å². The van der Waals surface area contributed by atoms with Crippen LogP contribution in [0.5, 0.6) is 0 Å². The van der Waals surface area contributed by atoms with Crippen LogP contribution in [-0.2, 0) is 0 Å². The van der Waals surface area contributed by atoms with E-state index in [-0.39, 0.29) is 29.1 Å². The van der Waals surface area contributed by atoms with Crippen molar-refractivity contribution in [2.45, 2.75) is 19.9 Å². The van der Waals surface area contributed by atoms with Crippen LogP contribution in [0.1, 0.15) is 24.3 Å². The summed E-state index contributed by atoms with van der Waals surface area (Å²) in [5.41, 5.74) is -0.186. The van der Waals surface area contributed by atoms with Crippen LogP contribution in [0.15, 0.2) is 30.3 Å². The number of hydrogen-bond donors (Lipinski definition) is 2. The van der Waals surface area contributed by atoms with Gasteiger partial charge in [0, 0.05) is 6.04 Å². The Bertz CT molecular complexity index is 624. The molecule has 0 aliphatic heterocycles. The number of hydrogen-bond acceptors (Lipinski definition) is 4. The normalized spacial score (nSPS) is 10.5. The van der Waals surface area contributed by atoms with Crippen LogP contribution in [0.25, 0.3) is 0 Å². The molecule has 0 unspecified atom stereocenters. The van der Waals surface area contributed by atoms with Crippen LogP contribution in [0.3, 0.4) is 0 Å². The number of carbonyl (C=O) groups is 1. The Labute approximate surface area is 120 Å². The second kappa shape index (κ2) is 6.25. The van der Waals surface area contributed by atoms with Gasteiger partial charge in [-0.05, 0) is 38.1 Å². The van der Waals surface area contributed by atoms with Crippen LogP contribution >= 0.6 is 0 Å². The Morgan fingerprint density at radius 1 is 1.10 bits per heavy atom. The second-order valence-corrected chi connectivity index (χ2v) is 4.65. The van der Waals surface area contributed by atoms with E-state index in [0.29, 0.717) is 0 Å². The van der Waals surface area contributed by atoms with Gasteiger partial charge in [-0.2, -0.15) is 0 Å². The van der Waals surface area contributed by atoms with Gasteiger partial charge in [-0.1, -0.05) is 6.07 Å². The van der Waals surface area contributed by atoms with Gasteiger partial charge in [-0.15, -0.1) is 10.2 Å².